The molecule has 0 aromatic carbocycles. The van der Waals surface area contributed by atoms with Gasteiger partial charge in [-0.3, -0.25) is 32.5 Å². The Kier molecular flexibility index (Phi) is 8.94. The fourth-order valence-electron chi connectivity index (χ4n) is 4.27. The zero-order valence-electron chi connectivity index (χ0n) is 20.7. The van der Waals surface area contributed by atoms with E-state index in [4.69, 9.17) is 28.8 Å². The molecule has 0 radical (unpaired) electrons. The maximum Gasteiger partial charge on any atom is 0.472 e. The first-order valence-electron chi connectivity index (χ1n) is 11.6. The van der Waals surface area contributed by atoms with Gasteiger partial charge in [0.15, 0.2) is 0 Å². The number of nitrogen functional groups attached to an aromatic ring is 1. The minimum atomic E-state index is -5.07. The molecule has 2 saturated heterocycles. The molecule has 2 aromatic heterocycles. The van der Waals surface area contributed by atoms with Gasteiger partial charge in [-0.05, 0) is 13.0 Å². The monoisotopic (exact) mass is 611 g/mol. The van der Waals surface area contributed by atoms with E-state index in [9.17, 15) is 43.3 Å². The molecule has 19 nitrogen and oxygen atoms in total. The molecule has 2 aromatic rings. The van der Waals surface area contributed by atoms with Crippen molar-refractivity contribution in [3.8, 4) is 0 Å². The molecule has 4 heterocycles. The second kappa shape index (κ2) is 11.8. The molecule has 21 heteroatoms. The summed E-state index contributed by atoms with van der Waals surface area (Å²) in [6.07, 6.45) is -5.31. The van der Waals surface area contributed by atoms with Gasteiger partial charge in [0.25, 0.3) is 5.56 Å². The molecule has 0 bridgehead atoms. The molecule has 2 aliphatic rings. The van der Waals surface area contributed by atoms with E-state index in [1.807, 2.05) is 0 Å². The number of H-pyrrole nitrogens is 1. The van der Waals surface area contributed by atoms with E-state index in [2.05, 4.69) is 9.97 Å². The van der Waals surface area contributed by atoms with Crippen molar-refractivity contribution in [2.24, 2.45) is 0 Å². The van der Waals surface area contributed by atoms with Gasteiger partial charge in [-0.15, -0.1) is 0 Å². The third kappa shape index (κ3) is 7.20. The van der Waals surface area contributed by atoms with E-state index >= 15 is 0 Å². The van der Waals surface area contributed by atoms with Crippen LogP contribution in [0, 0.1) is 6.92 Å². The van der Waals surface area contributed by atoms with E-state index in [-0.39, 0.29) is 24.2 Å². The van der Waals surface area contributed by atoms with E-state index < -0.39 is 82.7 Å². The predicted molar refractivity (Wildman–Crippen MR) is 131 cm³/mol. The number of hydrogen-bond acceptors (Lipinski definition) is 13. The zero-order chi connectivity index (χ0) is 29.4. The smallest absolute Gasteiger partial charge is 0.394 e. The number of nitrogens with zero attached hydrogens (tertiary/aromatic N) is 3. The first-order chi connectivity index (χ1) is 18.7. The lowest BCUT2D eigenvalue weighted by atomic mass is 10.2. The second-order valence-electron chi connectivity index (χ2n) is 8.98. The zero-order valence-corrected chi connectivity index (χ0v) is 22.5. The Morgan fingerprint density at radius 2 is 1.70 bits per heavy atom. The third-order valence-corrected chi connectivity index (χ3v) is 7.66. The van der Waals surface area contributed by atoms with Gasteiger partial charge in [-0.1, -0.05) is 0 Å². The van der Waals surface area contributed by atoms with Crippen LogP contribution in [-0.2, 0) is 32.2 Å². The molecule has 0 amide bonds. The largest absolute Gasteiger partial charge is 0.472 e. The average molecular weight is 611 g/mol. The maximum atomic E-state index is 12.8. The number of hydrogen-bond donors (Lipinski definition) is 6. The molecular weight excluding hydrogens is 584 g/mol. The third-order valence-electron chi connectivity index (χ3n) is 6.10. The van der Waals surface area contributed by atoms with Gasteiger partial charge in [-0.2, -0.15) is 4.98 Å². The van der Waals surface area contributed by atoms with Crippen molar-refractivity contribution in [3.05, 3.63) is 55.3 Å². The van der Waals surface area contributed by atoms with Crippen LogP contribution < -0.4 is 22.7 Å². The number of phosphoric acid groups is 2. The molecule has 4 rings (SSSR count). The average Bonchev–Trinajstić information content (AvgIpc) is 3.42. The first kappa shape index (κ1) is 30.4. The topological polar surface area (TPSA) is 277 Å². The quantitative estimate of drug-likeness (QED) is 0.162. The van der Waals surface area contributed by atoms with Crippen LogP contribution in [0.3, 0.4) is 0 Å². The highest BCUT2D eigenvalue weighted by atomic mass is 31.2. The highest BCUT2D eigenvalue weighted by molar-refractivity contribution is 7.47. The van der Waals surface area contributed by atoms with Crippen molar-refractivity contribution < 1.29 is 52.0 Å². The summed E-state index contributed by atoms with van der Waals surface area (Å²) in [4.78, 5) is 70.6. The Balaban J connectivity index is 1.45. The molecule has 2 fully saturated rings. The lowest BCUT2D eigenvalue weighted by Gasteiger charge is -2.23. The van der Waals surface area contributed by atoms with Crippen molar-refractivity contribution in [1.29, 1.82) is 0 Å². The summed E-state index contributed by atoms with van der Waals surface area (Å²) < 4.78 is 52.4. The van der Waals surface area contributed by atoms with Crippen LogP contribution in [0.25, 0.3) is 0 Å². The molecule has 222 valence electrons. The Bertz CT molecular complexity index is 1500. The normalized spacial score (nSPS) is 28.5. The van der Waals surface area contributed by atoms with Crippen LogP contribution in [0.4, 0.5) is 5.82 Å². The van der Waals surface area contributed by atoms with E-state index in [0.717, 1.165) is 9.13 Å². The Morgan fingerprint density at radius 3 is 2.33 bits per heavy atom. The molecule has 1 unspecified atom stereocenters. The molecule has 0 aliphatic carbocycles. The van der Waals surface area contributed by atoms with Crippen LogP contribution in [-0.4, -0.2) is 76.5 Å². The lowest BCUT2D eigenvalue weighted by molar-refractivity contribution is -0.0571. The van der Waals surface area contributed by atoms with Gasteiger partial charge in [0.1, 0.15) is 42.7 Å². The number of rotatable bonds is 10. The van der Waals surface area contributed by atoms with E-state index in [1.54, 1.807) is 0 Å². The van der Waals surface area contributed by atoms with Crippen LogP contribution >= 0.6 is 15.6 Å². The highest BCUT2D eigenvalue weighted by Gasteiger charge is 2.45. The van der Waals surface area contributed by atoms with Crippen LogP contribution in [0.5, 0.6) is 0 Å². The van der Waals surface area contributed by atoms with Gasteiger partial charge in [0.2, 0.25) is 0 Å². The summed E-state index contributed by atoms with van der Waals surface area (Å²) in [6.45, 7) is -0.00414. The predicted octanol–water partition coefficient (Wildman–Crippen LogP) is -1.77. The van der Waals surface area contributed by atoms with Crippen molar-refractivity contribution in [1.82, 2.24) is 19.1 Å². The minimum absolute atomic E-state index is 0.0306. The van der Waals surface area contributed by atoms with E-state index in [0.29, 0.717) is 0 Å². The van der Waals surface area contributed by atoms with Crippen LogP contribution in [0.2, 0.25) is 0 Å². The number of aliphatic hydroxyl groups excluding tert-OH is 1. The van der Waals surface area contributed by atoms with Crippen molar-refractivity contribution in [2.45, 2.75) is 56.6 Å². The van der Waals surface area contributed by atoms with Gasteiger partial charge in [0, 0.05) is 30.8 Å². The molecule has 7 atom stereocenters. The summed E-state index contributed by atoms with van der Waals surface area (Å²) in [6, 6.07) is 1.33. The first-order valence-corrected chi connectivity index (χ1v) is 14.7. The highest BCUT2D eigenvalue weighted by Crippen LogP contribution is 2.50. The molecule has 7 N–H and O–H groups in total. The van der Waals surface area contributed by atoms with Crippen LogP contribution in [0.1, 0.15) is 30.9 Å². The van der Waals surface area contributed by atoms with Crippen molar-refractivity contribution in [3.63, 3.8) is 0 Å². The number of aromatic amines is 1. The summed E-state index contributed by atoms with van der Waals surface area (Å²) >= 11 is 0. The van der Waals surface area contributed by atoms with Gasteiger partial charge in [-0.25, -0.2) is 18.7 Å². The Labute approximate surface area is 223 Å². The number of ether oxygens (including phenoxy) is 2. The fourth-order valence-corrected chi connectivity index (χ4v) is 5.80. The van der Waals surface area contributed by atoms with Crippen molar-refractivity contribution in [2.75, 3.05) is 18.9 Å². The summed E-state index contributed by atoms with van der Waals surface area (Å²) in [5.41, 5.74) is 3.35. The number of nitrogens with two attached hydrogens (primary N) is 1. The fraction of sp³-hybridized carbons (Fsp3) is 0.579. The SMILES string of the molecule is Cc1cn([C@H]2C[C@H](OP(=O)(O)O)[C@@H](COP(=O)(O)O[C@H]3C[C@H](n4ccc(N)nc4=O)O[C@@H]3CO)O2)c(=O)[nH]c1=O. The maximum absolute atomic E-state index is 12.8. The summed E-state index contributed by atoms with van der Waals surface area (Å²) in [5.74, 6) is -0.0306. The minimum Gasteiger partial charge on any atom is -0.394 e. The van der Waals surface area contributed by atoms with Gasteiger partial charge >= 0.3 is 27.0 Å². The molecule has 2 aliphatic heterocycles. The molecule has 0 spiro atoms. The van der Waals surface area contributed by atoms with Crippen molar-refractivity contribution >= 4 is 21.5 Å². The number of aromatic nitrogens is 4. The van der Waals surface area contributed by atoms with E-state index in [1.165, 1.54) is 25.4 Å². The number of aliphatic hydroxyl groups is 1. The molecule has 40 heavy (non-hydrogen) atoms. The number of anilines is 1. The molecular formula is C19H27N5O14P2. The standard InChI is InChI=1S/C19H27N5O14P2/c1-9-6-24(19(28)22-17(9)26)16-5-11(37-39(29,30)31)13(36-16)8-34-40(32,33)38-10-4-15(35-12(10)7-25)23-3-2-14(20)21-18(23)27/h2-3,6,10-13,15-16,25H,4-5,7-8H2,1H3,(H,32,33)(H2,20,21,27)(H,22,26,28)(H2,29,30,31)/t10-,11-,12+,13+,15+,16+/m0/s1. The van der Waals surface area contributed by atoms with Gasteiger partial charge in [0.05, 0.1) is 13.2 Å². The Hall–Kier alpha value is -2.54. The summed E-state index contributed by atoms with van der Waals surface area (Å²) in [5, 5.41) is 9.65. The number of phosphoric ester groups is 2. The lowest BCUT2D eigenvalue weighted by Crippen LogP contribution is -2.33. The number of aryl methyl sites for hydroxylation is 1. The molecule has 0 saturated carbocycles. The Morgan fingerprint density at radius 1 is 1.07 bits per heavy atom. The summed E-state index contributed by atoms with van der Waals surface area (Å²) in [7, 11) is -10.0. The van der Waals surface area contributed by atoms with Gasteiger partial charge < -0.3 is 35.0 Å². The van der Waals surface area contributed by atoms with Crippen LogP contribution in [0.15, 0.2) is 32.8 Å². The second-order valence-corrected chi connectivity index (χ2v) is 11.6. The number of nitrogens with one attached hydrogen (secondary N) is 1.